The van der Waals surface area contributed by atoms with Crippen LogP contribution < -0.4 is 0 Å². The smallest absolute Gasteiger partial charge is 0.306 e. The Morgan fingerprint density at radius 2 is 1.89 bits per heavy atom. The third-order valence-electron chi connectivity index (χ3n) is 0.584. The number of aliphatic hydroxyl groups is 1. The molecule has 0 fully saturated rings. The van der Waals surface area contributed by atoms with E-state index in [2.05, 4.69) is 0 Å². The minimum Gasteiger partial charge on any atom is -0.481 e. The van der Waals surface area contributed by atoms with Gasteiger partial charge in [0.15, 0.2) is 0 Å². The van der Waals surface area contributed by atoms with Gasteiger partial charge in [0, 0.05) is 21.1 Å². The molecule has 0 heterocycles. The molecule has 0 aliphatic carbocycles. The number of rotatable bonds is 2. The topological polar surface area (TPSA) is 57.5 Å². The van der Waals surface area contributed by atoms with E-state index in [-0.39, 0.29) is 27.5 Å². The zero-order valence-electron chi connectivity index (χ0n) is 5.42. The van der Waals surface area contributed by atoms with Crippen LogP contribution in [0.25, 0.3) is 0 Å². The van der Waals surface area contributed by atoms with E-state index in [1.807, 2.05) is 0 Å². The fourth-order valence-electron chi connectivity index (χ4n) is 0.370. The van der Waals surface area contributed by atoms with Gasteiger partial charge >= 0.3 is 5.97 Å². The Hall–Kier alpha value is 0.118. The number of aliphatic carboxylic acids is 1. The van der Waals surface area contributed by atoms with Crippen molar-refractivity contribution in [2.24, 2.45) is 0 Å². The van der Waals surface area contributed by atoms with Gasteiger partial charge < -0.3 is 10.2 Å². The summed E-state index contributed by atoms with van der Waals surface area (Å²) >= 11 is 0. The molecule has 0 rings (SSSR count). The zero-order chi connectivity index (χ0) is 6.78. The second kappa shape index (κ2) is 4.02. The monoisotopic (exact) mass is 302 g/mol. The van der Waals surface area contributed by atoms with Gasteiger partial charge in [-0.3, -0.25) is 4.79 Å². The molecule has 0 atom stereocenters. The average molecular weight is 302 g/mol. The predicted molar refractivity (Wildman–Crippen MR) is 28.6 cm³/mol. The quantitative estimate of drug-likeness (QED) is 0.768. The second-order valence-electron chi connectivity index (χ2n) is 2.38. The van der Waals surface area contributed by atoms with Crippen LogP contribution in [0.3, 0.4) is 0 Å². The van der Waals surface area contributed by atoms with Gasteiger partial charge in [-0.05, 0) is 13.8 Å². The first kappa shape index (κ1) is 11.9. The molecular formula is C5H10O3W. The van der Waals surface area contributed by atoms with Gasteiger partial charge in [-0.15, -0.1) is 0 Å². The minimum absolute atomic E-state index is 0. The Morgan fingerprint density at radius 1 is 1.56 bits per heavy atom. The summed E-state index contributed by atoms with van der Waals surface area (Å²) in [6.45, 7) is 2.92. The molecule has 0 amide bonds. The van der Waals surface area contributed by atoms with Crippen LogP contribution >= 0.6 is 0 Å². The normalized spacial score (nSPS) is 10.1. The molecule has 9 heavy (non-hydrogen) atoms. The van der Waals surface area contributed by atoms with Gasteiger partial charge in [0.1, 0.15) is 0 Å². The first-order valence-electron chi connectivity index (χ1n) is 2.36. The standard InChI is InChI=1S/C5H10O3.W/c1-5(2,8)3-4(6)7;/h8H,3H2,1-2H3,(H,6,7);. The maximum atomic E-state index is 9.85. The summed E-state index contributed by atoms with van der Waals surface area (Å²) in [4.78, 5) is 9.85. The fourth-order valence-corrected chi connectivity index (χ4v) is 0.370. The van der Waals surface area contributed by atoms with Gasteiger partial charge in [-0.25, -0.2) is 0 Å². The Bertz CT molecular complexity index is 94.9. The van der Waals surface area contributed by atoms with Crippen LogP contribution in [-0.4, -0.2) is 21.8 Å². The number of hydrogen-bond donors (Lipinski definition) is 2. The molecule has 3 nitrogen and oxygen atoms in total. The summed E-state index contributed by atoms with van der Waals surface area (Å²) in [7, 11) is 0. The van der Waals surface area contributed by atoms with Crippen molar-refractivity contribution in [2.45, 2.75) is 25.9 Å². The molecule has 4 heteroatoms. The van der Waals surface area contributed by atoms with E-state index in [4.69, 9.17) is 10.2 Å². The number of carboxylic acid groups (broad SMARTS) is 1. The summed E-state index contributed by atoms with van der Waals surface area (Å²) in [5.74, 6) is -0.975. The molecule has 0 bridgehead atoms. The van der Waals surface area contributed by atoms with Crippen LogP contribution in [0.4, 0.5) is 0 Å². The SMILES string of the molecule is CC(C)(O)CC(=O)O.[W]. The molecule has 0 aliphatic rings. The van der Waals surface area contributed by atoms with Crippen LogP contribution in [0.2, 0.25) is 0 Å². The number of hydrogen-bond acceptors (Lipinski definition) is 2. The van der Waals surface area contributed by atoms with E-state index in [0.717, 1.165) is 0 Å². The van der Waals surface area contributed by atoms with E-state index in [9.17, 15) is 4.79 Å². The average Bonchev–Trinajstić information content (AvgIpc) is 1.21. The van der Waals surface area contributed by atoms with E-state index in [1.165, 1.54) is 13.8 Å². The van der Waals surface area contributed by atoms with Gasteiger partial charge in [0.2, 0.25) is 0 Å². The third-order valence-corrected chi connectivity index (χ3v) is 0.584. The van der Waals surface area contributed by atoms with Crippen LogP contribution in [0.5, 0.6) is 0 Å². The fraction of sp³-hybridized carbons (Fsp3) is 0.800. The van der Waals surface area contributed by atoms with Crippen molar-refractivity contribution in [1.29, 1.82) is 0 Å². The second-order valence-corrected chi connectivity index (χ2v) is 2.38. The molecule has 0 aromatic carbocycles. The van der Waals surface area contributed by atoms with Crippen LogP contribution in [0, 0.1) is 0 Å². The summed E-state index contributed by atoms with van der Waals surface area (Å²) in [6.07, 6.45) is -0.201. The molecule has 0 unspecified atom stereocenters. The van der Waals surface area contributed by atoms with Crippen molar-refractivity contribution < 1.29 is 36.1 Å². The van der Waals surface area contributed by atoms with E-state index < -0.39 is 11.6 Å². The van der Waals surface area contributed by atoms with Crippen molar-refractivity contribution in [3.63, 3.8) is 0 Å². The Kier molecular flexibility index (Phi) is 5.29. The van der Waals surface area contributed by atoms with Crippen molar-refractivity contribution >= 4 is 5.97 Å². The van der Waals surface area contributed by atoms with Crippen LogP contribution in [0.15, 0.2) is 0 Å². The summed E-state index contributed by atoms with van der Waals surface area (Å²) in [5.41, 5.74) is -1.08. The Balaban J connectivity index is 0. The van der Waals surface area contributed by atoms with Gasteiger partial charge in [0.25, 0.3) is 0 Å². The molecule has 0 spiro atoms. The maximum Gasteiger partial charge on any atom is 0.306 e. The number of carboxylic acids is 1. The molecule has 0 saturated heterocycles. The molecule has 0 saturated carbocycles. The maximum absolute atomic E-state index is 9.85. The largest absolute Gasteiger partial charge is 0.481 e. The molecule has 0 radical (unpaired) electrons. The molecular weight excluding hydrogens is 292 g/mol. The van der Waals surface area contributed by atoms with E-state index in [0.29, 0.717) is 0 Å². The summed E-state index contributed by atoms with van der Waals surface area (Å²) in [5, 5.41) is 16.9. The van der Waals surface area contributed by atoms with E-state index >= 15 is 0 Å². The van der Waals surface area contributed by atoms with Crippen LogP contribution in [-0.2, 0) is 25.9 Å². The molecule has 2 N–H and O–H groups in total. The van der Waals surface area contributed by atoms with Gasteiger partial charge in [-0.2, -0.15) is 0 Å². The van der Waals surface area contributed by atoms with Gasteiger partial charge in [-0.1, -0.05) is 0 Å². The third kappa shape index (κ3) is 11.6. The van der Waals surface area contributed by atoms with Gasteiger partial charge in [0.05, 0.1) is 12.0 Å². The first-order valence-corrected chi connectivity index (χ1v) is 2.36. The van der Waals surface area contributed by atoms with Crippen LogP contribution in [0.1, 0.15) is 20.3 Å². The van der Waals surface area contributed by atoms with Crippen molar-refractivity contribution in [1.82, 2.24) is 0 Å². The molecule has 0 aromatic heterocycles. The molecule has 54 valence electrons. The molecule has 0 aromatic rings. The summed E-state index contributed by atoms with van der Waals surface area (Å²) in [6, 6.07) is 0. The van der Waals surface area contributed by atoms with Crippen molar-refractivity contribution in [3.8, 4) is 0 Å². The predicted octanol–water partition coefficient (Wildman–Crippen LogP) is 0.230. The number of carbonyl (C=O) groups is 1. The minimum atomic E-state index is -1.08. The molecule has 0 aliphatic heterocycles. The Labute approximate surface area is 68.3 Å². The van der Waals surface area contributed by atoms with E-state index in [1.54, 1.807) is 0 Å². The Morgan fingerprint density at radius 3 is 1.89 bits per heavy atom. The van der Waals surface area contributed by atoms with Crippen molar-refractivity contribution in [3.05, 3.63) is 0 Å². The van der Waals surface area contributed by atoms with Crippen molar-refractivity contribution in [2.75, 3.05) is 0 Å². The first-order chi connectivity index (χ1) is 3.42. The zero-order valence-corrected chi connectivity index (χ0v) is 8.35. The summed E-state index contributed by atoms with van der Waals surface area (Å²) < 4.78 is 0.